The first-order valence-electron chi connectivity index (χ1n) is 10.7. The van der Waals surface area contributed by atoms with Gasteiger partial charge in [-0.15, -0.1) is 11.8 Å². The average molecular weight is 478 g/mol. The van der Waals surface area contributed by atoms with Crippen molar-refractivity contribution < 1.29 is 23.9 Å². The average Bonchev–Trinajstić information content (AvgIpc) is 2.81. The molecule has 0 aliphatic heterocycles. The summed E-state index contributed by atoms with van der Waals surface area (Å²) in [5.74, 6) is -0.327. The minimum absolute atomic E-state index is 0.0994. The Bertz CT molecular complexity index is 1200. The van der Waals surface area contributed by atoms with Crippen LogP contribution in [0.5, 0.6) is 5.75 Å². The van der Waals surface area contributed by atoms with Crippen LogP contribution < -0.4 is 10.1 Å². The summed E-state index contributed by atoms with van der Waals surface area (Å²) in [6, 6.07) is 17.8. The Hall–Kier alpha value is -3.58. The zero-order valence-corrected chi connectivity index (χ0v) is 20.5. The molecule has 176 valence electrons. The molecule has 1 N–H and O–H groups in total. The fourth-order valence-electron chi connectivity index (χ4n) is 3.70. The van der Waals surface area contributed by atoms with Gasteiger partial charge in [0, 0.05) is 22.2 Å². The number of ketones is 1. The van der Waals surface area contributed by atoms with Gasteiger partial charge in [0.25, 0.3) is 0 Å². The summed E-state index contributed by atoms with van der Waals surface area (Å²) in [6.45, 7) is 5.37. The number of hydrogen-bond acceptors (Lipinski definition) is 6. The molecule has 7 heteroatoms. The highest BCUT2D eigenvalue weighted by Crippen LogP contribution is 2.25. The maximum absolute atomic E-state index is 12.7. The number of methoxy groups -OCH3 is 1. The molecule has 0 aliphatic rings. The minimum Gasteiger partial charge on any atom is -0.497 e. The molecule has 3 rings (SSSR count). The Balaban J connectivity index is 1.61. The Morgan fingerprint density at radius 1 is 0.912 bits per heavy atom. The molecule has 0 fully saturated rings. The molecule has 0 aromatic heterocycles. The molecule has 3 aromatic carbocycles. The molecule has 3 aromatic rings. The molecule has 0 heterocycles. The van der Waals surface area contributed by atoms with Crippen molar-refractivity contribution in [2.75, 3.05) is 24.8 Å². The van der Waals surface area contributed by atoms with Gasteiger partial charge in [-0.1, -0.05) is 35.9 Å². The summed E-state index contributed by atoms with van der Waals surface area (Å²) in [5, 5.41) is 2.81. The number of ether oxygens (including phenoxy) is 2. The van der Waals surface area contributed by atoms with Gasteiger partial charge in [-0.2, -0.15) is 0 Å². The van der Waals surface area contributed by atoms with Crippen LogP contribution in [0, 0.1) is 20.8 Å². The standard InChI is InChI=1S/C27H27NO5S/c1-17-12-18(2)26(19(3)13-17)23(29)15-33-27(31)22-10-5-6-11-24(22)34-16-25(30)28-20-8-7-9-21(14-20)32-4/h5-14H,15-16H2,1-4H3,(H,28,30). The van der Waals surface area contributed by atoms with Crippen LogP contribution >= 0.6 is 11.8 Å². The van der Waals surface area contributed by atoms with Crippen molar-refractivity contribution in [3.05, 3.63) is 88.5 Å². The molecule has 34 heavy (non-hydrogen) atoms. The van der Waals surface area contributed by atoms with E-state index in [0.29, 0.717) is 27.5 Å². The van der Waals surface area contributed by atoms with Gasteiger partial charge in [-0.05, 0) is 56.2 Å². The fourth-order valence-corrected chi connectivity index (χ4v) is 4.54. The van der Waals surface area contributed by atoms with Crippen molar-refractivity contribution in [3.8, 4) is 5.75 Å². The molecule has 0 atom stereocenters. The summed E-state index contributed by atoms with van der Waals surface area (Å²) in [4.78, 5) is 38.4. The third-order valence-electron chi connectivity index (χ3n) is 5.11. The van der Waals surface area contributed by atoms with Crippen molar-refractivity contribution >= 4 is 35.1 Å². The lowest BCUT2D eigenvalue weighted by Gasteiger charge is -2.12. The summed E-state index contributed by atoms with van der Waals surface area (Å²) >= 11 is 1.22. The van der Waals surface area contributed by atoms with E-state index in [-0.39, 0.29) is 24.1 Å². The van der Waals surface area contributed by atoms with Crippen LogP contribution in [0.4, 0.5) is 5.69 Å². The van der Waals surface area contributed by atoms with Crippen LogP contribution in [0.1, 0.15) is 37.4 Å². The third kappa shape index (κ3) is 6.48. The molecule has 0 spiro atoms. The van der Waals surface area contributed by atoms with Crippen LogP contribution in [-0.4, -0.2) is 37.1 Å². The molecular formula is C27H27NO5S. The monoisotopic (exact) mass is 477 g/mol. The maximum atomic E-state index is 12.7. The molecular weight excluding hydrogens is 450 g/mol. The van der Waals surface area contributed by atoms with Gasteiger partial charge in [-0.25, -0.2) is 4.79 Å². The first kappa shape index (κ1) is 25.1. The first-order chi connectivity index (χ1) is 16.3. The van der Waals surface area contributed by atoms with Crippen LogP contribution in [-0.2, 0) is 9.53 Å². The van der Waals surface area contributed by atoms with Crippen LogP contribution in [0.3, 0.4) is 0 Å². The molecule has 0 unspecified atom stereocenters. The van der Waals surface area contributed by atoms with E-state index in [1.807, 2.05) is 32.9 Å². The second kappa shape index (κ2) is 11.5. The maximum Gasteiger partial charge on any atom is 0.339 e. The minimum atomic E-state index is -0.605. The van der Waals surface area contributed by atoms with E-state index in [1.54, 1.807) is 55.6 Å². The van der Waals surface area contributed by atoms with E-state index < -0.39 is 5.97 Å². The van der Waals surface area contributed by atoms with Gasteiger partial charge in [0.2, 0.25) is 11.7 Å². The summed E-state index contributed by atoms with van der Waals surface area (Å²) < 4.78 is 10.5. The molecule has 0 saturated heterocycles. The summed E-state index contributed by atoms with van der Waals surface area (Å²) in [5.41, 5.74) is 4.30. The number of carbonyl (C=O) groups is 3. The van der Waals surface area contributed by atoms with Crippen molar-refractivity contribution in [1.82, 2.24) is 0 Å². The quantitative estimate of drug-likeness (QED) is 0.253. The Kier molecular flexibility index (Phi) is 8.49. The van der Waals surface area contributed by atoms with Crippen LogP contribution in [0.25, 0.3) is 0 Å². The number of Topliss-reactive ketones (excluding diaryl/α,β-unsaturated/α-hetero) is 1. The van der Waals surface area contributed by atoms with E-state index in [4.69, 9.17) is 9.47 Å². The van der Waals surface area contributed by atoms with Crippen molar-refractivity contribution in [3.63, 3.8) is 0 Å². The molecule has 1 amide bonds. The lowest BCUT2D eigenvalue weighted by atomic mass is 9.97. The van der Waals surface area contributed by atoms with Gasteiger partial charge in [0.1, 0.15) is 5.75 Å². The smallest absolute Gasteiger partial charge is 0.339 e. The summed E-state index contributed by atoms with van der Waals surface area (Å²) in [7, 11) is 1.56. The molecule has 0 aliphatic carbocycles. The van der Waals surface area contributed by atoms with E-state index in [9.17, 15) is 14.4 Å². The topological polar surface area (TPSA) is 81.7 Å². The molecule has 0 bridgehead atoms. The second-order valence-corrected chi connectivity index (χ2v) is 8.86. The second-order valence-electron chi connectivity index (χ2n) is 7.84. The van der Waals surface area contributed by atoms with Gasteiger partial charge in [0.15, 0.2) is 6.61 Å². The Labute approximate surface area is 203 Å². The van der Waals surface area contributed by atoms with Gasteiger partial charge < -0.3 is 14.8 Å². The van der Waals surface area contributed by atoms with Crippen LogP contribution in [0.15, 0.2) is 65.6 Å². The van der Waals surface area contributed by atoms with Gasteiger partial charge in [-0.3, -0.25) is 9.59 Å². The zero-order valence-electron chi connectivity index (χ0n) is 19.6. The number of aryl methyl sites for hydroxylation is 3. The van der Waals surface area contributed by atoms with Crippen molar-refractivity contribution in [2.24, 2.45) is 0 Å². The number of rotatable bonds is 9. The Morgan fingerprint density at radius 3 is 2.32 bits per heavy atom. The predicted molar refractivity (Wildman–Crippen MR) is 134 cm³/mol. The molecule has 0 radical (unpaired) electrons. The predicted octanol–water partition coefficient (Wildman–Crippen LogP) is 5.39. The summed E-state index contributed by atoms with van der Waals surface area (Å²) in [6.07, 6.45) is 0. The number of esters is 1. The van der Waals surface area contributed by atoms with Crippen LogP contribution in [0.2, 0.25) is 0 Å². The highest BCUT2D eigenvalue weighted by atomic mass is 32.2. The number of hydrogen-bond donors (Lipinski definition) is 1. The largest absolute Gasteiger partial charge is 0.497 e. The van der Waals surface area contributed by atoms with E-state index in [1.165, 1.54) is 11.8 Å². The van der Waals surface area contributed by atoms with E-state index in [0.717, 1.165) is 16.7 Å². The third-order valence-corrected chi connectivity index (χ3v) is 6.18. The number of benzene rings is 3. The van der Waals surface area contributed by atoms with Gasteiger partial charge in [0.05, 0.1) is 18.4 Å². The van der Waals surface area contributed by atoms with Crippen molar-refractivity contribution in [2.45, 2.75) is 25.7 Å². The van der Waals surface area contributed by atoms with Crippen molar-refractivity contribution in [1.29, 1.82) is 0 Å². The molecule has 0 saturated carbocycles. The lowest BCUT2D eigenvalue weighted by molar-refractivity contribution is -0.113. The normalized spacial score (nSPS) is 10.5. The number of nitrogens with one attached hydrogen (secondary N) is 1. The number of carbonyl (C=O) groups excluding carboxylic acids is 3. The first-order valence-corrected chi connectivity index (χ1v) is 11.7. The zero-order chi connectivity index (χ0) is 24.7. The number of amides is 1. The number of anilines is 1. The lowest BCUT2D eigenvalue weighted by Crippen LogP contribution is -2.17. The van der Waals surface area contributed by atoms with Gasteiger partial charge >= 0.3 is 5.97 Å². The SMILES string of the molecule is COc1cccc(NC(=O)CSc2ccccc2C(=O)OCC(=O)c2c(C)cc(C)cc2C)c1. The highest BCUT2D eigenvalue weighted by molar-refractivity contribution is 8.00. The Morgan fingerprint density at radius 2 is 1.62 bits per heavy atom. The fraction of sp³-hybridized carbons (Fsp3) is 0.222. The molecule has 6 nitrogen and oxygen atoms in total. The van der Waals surface area contributed by atoms with E-state index in [2.05, 4.69) is 5.32 Å². The highest BCUT2D eigenvalue weighted by Gasteiger charge is 2.18. The van der Waals surface area contributed by atoms with E-state index >= 15 is 0 Å². The number of thioether (sulfide) groups is 1.